The van der Waals surface area contributed by atoms with Crippen LogP contribution in [0.4, 0.5) is 0 Å². The summed E-state index contributed by atoms with van der Waals surface area (Å²) >= 11 is 0. The summed E-state index contributed by atoms with van der Waals surface area (Å²) in [5.41, 5.74) is 1.10. The summed E-state index contributed by atoms with van der Waals surface area (Å²) < 4.78 is 5.09. The van der Waals surface area contributed by atoms with Crippen molar-refractivity contribution in [1.29, 1.82) is 0 Å². The van der Waals surface area contributed by atoms with E-state index in [1.807, 2.05) is 24.3 Å². The quantitative estimate of drug-likeness (QED) is 0.710. The Labute approximate surface area is 108 Å². The number of benzene rings is 1. The smallest absolute Gasteiger partial charge is 0.118 e. The van der Waals surface area contributed by atoms with Gasteiger partial charge < -0.3 is 19.5 Å². The first-order chi connectivity index (χ1) is 8.51. The molecule has 0 heterocycles. The molecule has 0 spiro atoms. The molecule has 100 valence electrons. The normalized spacial score (nSPS) is 12.4. The minimum absolute atomic E-state index is 0.0458. The first kappa shape index (κ1) is 14.5. The van der Waals surface area contributed by atoms with Gasteiger partial charge in [-0.25, -0.2) is 0 Å². The van der Waals surface area contributed by atoms with Crippen molar-refractivity contribution in [2.24, 2.45) is 5.92 Å². The second-order valence-corrected chi connectivity index (χ2v) is 4.92. The lowest BCUT2D eigenvalue weighted by Gasteiger charge is -2.21. The number of carboxylic acids is 1. The monoisotopic (exact) mass is 251 g/mol. The van der Waals surface area contributed by atoms with Gasteiger partial charge in [-0.05, 0) is 24.3 Å². The van der Waals surface area contributed by atoms with Crippen LogP contribution < -0.4 is 14.7 Å². The number of carbonyl (C=O) groups is 1. The Hall–Kier alpha value is -1.55. The topological polar surface area (TPSA) is 53.8 Å². The first-order valence-electron chi connectivity index (χ1n) is 6.17. The van der Waals surface area contributed by atoms with Crippen LogP contribution in [-0.4, -0.2) is 26.2 Å². The van der Waals surface area contributed by atoms with Crippen LogP contribution in [0.1, 0.15) is 19.4 Å². The standard InChI is InChI=1S/C14H21NO3/c1-11(2)8-15(10-14(16)17)9-12-4-6-13(18-3)7-5-12/h4-7,11H,8-10H2,1-3H3,(H,16,17). The Balaban J connectivity index is 2.65. The molecule has 1 aromatic carbocycles. The molecule has 1 rings (SSSR count). The van der Waals surface area contributed by atoms with Gasteiger partial charge in [0.15, 0.2) is 0 Å². The molecule has 0 amide bonds. The SMILES string of the molecule is COc1ccc(C[NH+](CC(=O)[O-])CC(C)C)cc1. The van der Waals surface area contributed by atoms with E-state index < -0.39 is 5.97 Å². The van der Waals surface area contributed by atoms with Crippen LogP contribution in [0.5, 0.6) is 5.75 Å². The van der Waals surface area contributed by atoms with Gasteiger partial charge in [-0.2, -0.15) is 0 Å². The third-order valence-corrected chi connectivity index (χ3v) is 2.70. The average molecular weight is 251 g/mol. The summed E-state index contributed by atoms with van der Waals surface area (Å²) in [6, 6.07) is 7.71. The average Bonchev–Trinajstić information content (AvgIpc) is 2.28. The van der Waals surface area contributed by atoms with E-state index in [9.17, 15) is 9.90 Å². The number of methoxy groups -OCH3 is 1. The maximum atomic E-state index is 10.7. The highest BCUT2D eigenvalue weighted by Gasteiger charge is 2.12. The van der Waals surface area contributed by atoms with Gasteiger partial charge in [-0.1, -0.05) is 13.8 Å². The fourth-order valence-corrected chi connectivity index (χ4v) is 2.02. The van der Waals surface area contributed by atoms with Crippen molar-refractivity contribution in [3.63, 3.8) is 0 Å². The molecule has 1 aromatic rings. The van der Waals surface area contributed by atoms with E-state index >= 15 is 0 Å². The van der Waals surface area contributed by atoms with Gasteiger partial charge in [0.25, 0.3) is 0 Å². The van der Waals surface area contributed by atoms with E-state index in [0.29, 0.717) is 12.5 Å². The minimum atomic E-state index is -1.00. The van der Waals surface area contributed by atoms with Crippen LogP contribution in [-0.2, 0) is 11.3 Å². The molecule has 4 heteroatoms. The maximum Gasteiger partial charge on any atom is 0.118 e. The van der Waals surface area contributed by atoms with E-state index in [-0.39, 0.29) is 6.54 Å². The fraction of sp³-hybridized carbons (Fsp3) is 0.500. The molecule has 1 atom stereocenters. The summed E-state index contributed by atoms with van der Waals surface area (Å²) in [7, 11) is 1.63. The van der Waals surface area contributed by atoms with Gasteiger partial charge in [-0.15, -0.1) is 0 Å². The van der Waals surface area contributed by atoms with Crippen molar-refractivity contribution in [2.45, 2.75) is 20.4 Å². The molecule has 0 saturated heterocycles. The molecule has 18 heavy (non-hydrogen) atoms. The Morgan fingerprint density at radius 2 is 1.94 bits per heavy atom. The van der Waals surface area contributed by atoms with Crippen LogP contribution in [0.2, 0.25) is 0 Å². The molecule has 0 aliphatic heterocycles. The largest absolute Gasteiger partial charge is 0.544 e. The third kappa shape index (κ3) is 5.19. The second kappa shape index (κ2) is 7.01. The van der Waals surface area contributed by atoms with Gasteiger partial charge in [0.05, 0.1) is 19.6 Å². The Kier molecular flexibility index (Phi) is 5.65. The maximum absolute atomic E-state index is 10.7. The zero-order valence-corrected chi connectivity index (χ0v) is 11.2. The molecule has 0 bridgehead atoms. The van der Waals surface area contributed by atoms with Gasteiger partial charge in [0.2, 0.25) is 0 Å². The van der Waals surface area contributed by atoms with Crippen LogP contribution in [0.25, 0.3) is 0 Å². The summed E-state index contributed by atoms with van der Waals surface area (Å²) in [5, 5.41) is 10.7. The number of aliphatic carboxylic acids is 1. The number of rotatable bonds is 7. The predicted molar refractivity (Wildman–Crippen MR) is 67.2 cm³/mol. The number of carbonyl (C=O) groups excluding carboxylic acids is 1. The van der Waals surface area contributed by atoms with E-state index in [1.54, 1.807) is 7.11 Å². The summed E-state index contributed by atoms with van der Waals surface area (Å²) in [5.74, 6) is 0.265. The van der Waals surface area contributed by atoms with Crippen molar-refractivity contribution in [3.8, 4) is 5.75 Å². The molecule has 0 saturated carbocycles. The Bertz CT molecular complexity index is 373. The molecule has 1 N–H and O–H groups in total. The van der Waals surface area contributed by atoms with Gasteiger partial charge >= 0.3 is 0 Å². The number of hydrogen-bond acceptors (Lipinski definition) is 3. The molecule has 0 aliphatic carbocycles. The molecule has 0 radical (unpaired) electrons. The first-order valence-corrected chi connectivity index (χ1v) is 6.17. The second-order valence-electron chi connectivity index (χ2n) is 4.92. The zero-order valence-electron chi connectivity index (χ0n) is 11.2. The van der Waals surface area contributed by atoms with E-state index in [4.69, 9.17) is 4.74 Å². The summed E-state index contributed by atoms with van der Waals surface area (Å²) in [6.07, 6.45) is 0. The zero-order chi connectivity index (χ0) is 13.5. The van der Waals surface area contributed by atoms with Crippen LogP contribution in [0.15, 0.2) is 24.3 Å². The van der Waals surface area contributed by atoms with Crippen LogP contribution >= 0.6 is 0 Å². The lowest BCUT2D eigenvalue weighted by Crippen LogP contribution is -3.12. The number of quaternary nitrogens is 1. The highest BCUT2D eigenvalue weighted by atomic mass is 16.5. The number of hydrogen-bond donors (Lipinski definition) is 1. The number of nitrogens with one attached hydrogen (secondary N) is 1. The minimum Gasteiger partial charge on any atom is -0.544 e. The van der Waals surface area contributed by atoms with E-state index in [2.05, 4.69) is 13.8 Å². The number of carboxylic acid groups (broad SMARTS) is 1. The summed E-state index contributed by atoms with van der Waals surface area (Å²) in [4.78, 5) is 11.7. The van der Waals surface area contributed by atoms with Gasteiger partial charge in [0, 0.05) is 11.5 Å². The van der Waals surface area contributed by atoms with Gasteiger partial charge in [-0.3, -0.25) is 0 Å². The van der Waals surface area contributed by atoms with Crippen molar-refractivity contribution in [1.82, 2.24) is 0 Å². The van der Waals surface area contributed by atoms with Gasteiger partial charge in [0.1, 0.15) is 18.8 Å². The molecule has 0 aromatic heterocycles. The van der Waals surface area contributed by atoms with Crippen LogP contribution in [0.3, 0.4) is 0 Å². The Morgan fingerprint density at radius 1 is 1.33 bits per heavy atom. The predicted octanol–water partition coefficient (Wildman–Crippen LogP) is -0.514. The van der Waals surface area contributed by atoms with Crippen molar-refractivity contribution < 1.29 is 19.5 Å². The molecular formula is C14H21NO3. The summed E-state index contributed by atoms with van der Waals surface area (Å²) in [6.45, 7) is 5.73. The van der Waals surface area contributed by atoms with Crippen LogP contribution in [0, 0.1) is 5.92 Å². The molecular weight excluding hydrogens is 230 g/mol. The van der Waals surface area contributed by atoms with Crippen molar-refractivity contribution >= 4 is 5.97 Å². The molecule has 1 unspecified atom stereocenters. The molecule has 4 nitrogen and oxygen atoms in total. The lowest BCUT2D eigenvalue weighted by molar-refractivity contribution is -0.911. The third-order valence-electron chi connectivity index (χ3n) is 2.70. The number of ether oxygens (including phenoxy) is 1. The highest BCUT2D eigenvalue weighted by molar-refractivity contribution is 5.65. The fourth-order valence-electron chi connectivity index (χ4n) is 2.02. The van der Waals surface area contributed by atoms with Crippen molar-refractivity contribution in [2.75, 3.05) is 20.2 Å². The molecule has 0 fully saturated rings. The molecule has 0 aliphatic rings. The lowest BCUT2D eigenvalue weighted by atomic mass is 10.1. The highest BCUT2D eigenvalue weighted by Crippen LogP contribution is 2.10. The van der Waals surface area contributed by atoms with E-state index in [1.165, 1.54) is 0 Å². The Morgan fingerprint density at radius 3 is 2.39 bits per heavy atom. The van der Waals surface area contributed by atoms with E-state index in [0.717, 1.165) is 22.8 Å². The van der Waals surface area contributed by atoms with Crippen molar-refractivity contribution in [3.05, 3.63) is 29.8 Å².